The van der Waals surface area contributed by atoms with Crippen LogP contribution in [0.15, 0.2) is 140 Å². The summed E-state index contributed by atoms with van der Waals surface area (Å²) in [4.78, 5) is 10.2. The average molecular weight is 689 g/mol. The molecule has 3 aromatic carbocycles. The van der Waals surface area contributed by atoms with E-state index in [1.165, 1.54) is 26.2 Å². The van der Waals surface area contributed by atoms with Gasteiger partial charge in [0, 0.05) is 33.6 Å². The van der Waals surface area contributed by atoms with Gasteiger partial charge in [0.15, 0.2) is 13.2 Å². The number of nitrogens with zero attached hydrogens (tertiary/aromatic N) is 2. The first kappa shape index (κ1) is 39.4. The predicted molar refractivity (Wildman–Crippen MR) is 181 cm³/mol. The highest BCUT2D eigenvalue weighted by molar-refractivity contribution is 6.28. The standard InChI is InChI=1S/C22H21BO3.2C8H11FNO2/c24-23(25)26-18-10-17-22(19-11-4-1-5-12-19,20-13-6-2-7-14-20)21-15-8-3-9-16-21;2*1-2-12-10-6-4-3-5-8(10)11-7-9/h1-9,11-16H,10,17-18H2;2*3-6H,2,7H2,1H3/q-2;2*+1. The molecule has 5 aromatic rings. The van der Waals surface area contributed by atoms with E-state index in [2.05, 4.69) is 45.9 Å². The molecule has 0 radical (unpaired) electrons. The number of benzene rings is 3. The van der Waals surface area contributed by atoms with Gasteiger partial charge in [0.2, 0.25) is 26.1 Å². The molecule has 264 valence electrons. The van der Waals surface area contributed by atoms with Gasteiger partial charge in [-0.05, 0) is 55.5 Å². The zero-order chi connectivity index (χ0) is 35.9. The SMILES string of the molecule is CCO[n+]1ccccc1OCF.CCO[n+]1ccccc1OCF.[O-]B([O-])OCCCC(c1ccccc1)(c1ccccc1)c1ccccc1. The maximum Gasteiger partial charge on any atom is 0.419 e. The Morgan fingerprint density at radius 1 is 0.580 bits per heavy atom. The molecule has 2 heterocycles. The summed E-state index contributed by atoms with van der Waals surface area (Å²) in [6, 6.07) is 41.4. The highest BCUT2D eigenvalue weighted by Crippen LogP contribution is 2.42. The first-order valence-corrected chi connectivity index (χ1v) is 16.2. The zero-order valence-corrected chi connectivity index (χ0v) is 28.3. The van der Waals surface area contributed by atoms with Crippen LogP contribution < -0.4 is 38.7 Å². The van der Waals surface area contributed by atoms with Crippen LogP contribution in [0.1, 0.15) is 43.4 Å². The van der Waals surface area contributed by atoms with Gasteiger partial charge in [0.25, 0.3) is 0 Å². The van der Waals surface area contributed by atoms with Crippen molar-refractivity contribution in [3.05, 3.63) is 156 Å². The van der Waals surface area contributed by atoms with Gasteiger partial charge in [-0.25, -0.2) is 8.78 Å². The molecule has 0 spiro atoms. The van der Waals surface area contributed by atoms with Gasteiger partial charge >= 0.3 is 11.8 Å². The van der Waals surface area contributed by atoms with Gasteiger partial charge < -0.3 is 24.2 Å². The molecular weight excluding hydrogens is 645 g/mol. The van der Waals surface area contributed by atoms with E-state index < -0.39 is 21.0 Å². The molecule has 5 rings (SSSR count). The van der Waals surface area contributed by atoms with Crippen molar-refractivity contribution in [2.75, 3.05) is 33.5 Å². The topological polar surface area (TPSA) is 100 Å². The Kier molecular flexibility index (Phi) is 17.8. The smallest absolute Gasteiger partial charge is 0.419 e. The average Bonchev–Trinajstić information content (AvgIpc) is 3.15. The summed E-state index contributed by atoms with van der Waals surface area (Å²) in [6.45, 7) is 3.17. The van der Waals surface area contributed by atoms with Crippen LogP contribution in [0.25, 0.3) is 0 Å². The molecule has 0 amide bonds. The molecule has 0 atom stereocenters. The van der Waals surface area contributed by atoms with Crippen LogP contribution >= 0.6 is 0 Å². The van der Waals surface area contributed by atoms with Crippen LogP contribution in [0.4, 0.5) is 8.78 Å². The molecule has 0 aliphatic carbocycles. The minimum atomic E-state index is -2.23. The molecule has 0 saturated heterocycles. The number of aromatic nitrogens is 2. The summed E-state index contributed by atoms with van der Waals surface area (Å²) in [6.07, 6.45) is 4.67. The van der Waals surface area contributed by atoms with Crippen LogP contribution in [0, 0.1) is 0 Å². The number of ether oxygens (including phenoxy) is 2. The summed E-state index contributed by atoms with van der Waals surface area (Å²) in [5, 5.41) is 21.4. The first-order chi connectivity index (χ1) is 24.5. The third-order valence-electron chi connectivity index (χ3n) is 7.27. The molecule has 2 aromatic heterocycles. The third-order valence-corrected chi connectivity index (χ3v) is 7.27. The molecule has 0 aliphatic rings. The molecule has 0 unspecified atom stereocenters. The number of pyridine rings is 2. The maximum absolute atomic E-state index is 11.8. The summed E-state index contributed by atoms with van der Waals surface area (Å²) < 4.78 is 40.4. The van der Waals surface area contributed by atoms with Crippen LogP contribution in [-0.4, -0.2) is 40.9 Å². The van der Waals surface area contributed by atoms with Gasteiger partial charge in [-0.3, -0.25) is 9.68 Å². The van der Waals surface area contributed by atoms with Crippen molar-refractivity contribution in [3.8, 4) is 11.8 Å². The number of hydrogen-bond acceptors (Lipinski definition) is 7. The van der Waals surface area contributed by atoms with E-state index in [0.717, 1.165) is 6.42 Å². The van der Waals surface area contributed by atoms with Gasteiger partial charge in [0.1, 0.15) is 0 Å². The third kappa shape index (κ3) is 12.1. The van der Waals surface area contributed by atoms with Crippen molar-refractivity contribution in [2.24, 2.45) is 0 Å². The van der Waals surface area contributed by atoms with E-state index >= 15 is 0 Å². The van der Waals surface area contributed by atoms with E-state index in [4.69, 9.17) is 14.3 Å². The molecule has 0 saturated carbocycles. The number of halogens is 2. The Labute approximate surface area is 293 Å². The maximum atomic E-state index is 11.8. The second-order valence-corrected chi connectivity index (χ2v) is 10.3. The summed E-state index contributed by atoms with van der Waals surface area (Å²) in [5.41, 5.74) is 3.17. The quantitative estimate of drug-likeness (QED) is 0.0670. The Hall–Kier alpha value is -5.04. The van der Waals surface area contributed by atoms with Crippen molar-refractivity contribution < 1.29 is 52.1 Å². The minimum absolute atomic E-state index is 0.159. The fraction of sp³-hybridized carbons (Fsp3) is 0.263. The lowest BCUT2D eigenvalue weighted by Crippen LogP contribution is -2.48. The fourth-order valence-electron chi connectivity index (χ4n) is 5.27. The molecule has 0 fully saturated rings. The predicted octanol–water partition coefficient (Wildman–Crippen LogP) is 3.98. The minimum Gasteiger partial charge on any atom is -0.871 e. The van der Waals surface area contributed by atoms with E-state index in [-0.39, 0.29) is 12.0 Å². The van der Waals surface area contributed by atoms with Crippen LogP contribution in [0.5, 0.6) is 11.8 Å². The highest BCUT2D eigenvalue weighted by atomic mass is 19.1. The molecular formula is C38H43BF2N2O7. The summed E-state index contributed by atoms with van der Waals surface area (Å²) >= 11 is 0. The second-order valence-electron chi connectivity index (χ2n) is 10.3. The molecule has 0 aliphatic heterocycles. The van der Waals surface area contributed by atoms with E-state index in [9.17, 15) is 18.8 Å². The van der Waals surface area contributed by atoms with E-state index in [0.29, 0.717) is 31.4 Å². The van der Waals surface area contributed by atoms with Crippen LogP contribution in [-0.2, 0) is 10.1 Å². The Balaban J connectivity index is 0.000000234. The molecule has 50 heavy (non-hydrogen) atoms. The lowest BCUT2D eigenvalue weighted by atomic mass is 9.67. The fourth-order valence-corrected chi connectivity index (χ4v) is 5.27. The Morgan fingerprint density at radius 2 is 0.960 bits per heavy atom. The number of alkyl halides is 2. The highest BCUT2D eigenvalue weighted by Gasteiger charge is 2.35. The zero-order valence-electron chi connectivity index (χ0n) is 28.3. The van der Waals surface area contributed by atoms with Crippen molar-refractivity contribution >= 4 is 7.32 Å². The van der Waals surface area contributed by atoms with Gasteiger partial charge in [-0.1, -0.05) is 91.0 Å². The van der Waals surface area contributed by atoms with Crippen molar-refractivity contribution in [3.63, 3.8) is 0 Å². The molecule has 0 bridgehead atoms. The number of rotatable bonds is 16. The van der Waals surface area contributed by atoms with Crippen molar-refractivity contribution in [1.29, 1.82) is 0 Å². The van der Waals surface area contributed by atoms with Crippen molar-refractivity contribution in [1.82, 2.24) is 0 Å². The van der Waals surface area contributed by atoms with Gasteiger partial charge in [0.05, 0.1) is 19.5 Å². The lowest BCUT2D eigenvalue weighted by molar-refractivity contribution is -0.892. The molecule has 9 nitrogen and oxygen atoms in total. The largest absolute Gasteiger partial charge is 0.871 e. The second kappa shape index (κ2) is 22.6. The Bertz CT molecular complexity index is 1410. The van der Waals surface area contributed by atoms with Crippen LogP contribution in [0.2, 0.25) is 0 Å². The van der Waals surface area contributed by atoms with Gasteiger partial charge in [-0.15, -0.1) is 0 Å². The van der Waals surface area contributed by atoms with E-state index in [1.54, 1.807) is 48.8 Å². The Morgan fingerprint density at radius 3 is 1.30 bits per heavy atom. The lowest BCUT2D eigenvalue weighted by Gasteiger charge is -2.37. The monoisotopic (exact) mass is 688 g/mol. The molecule has 0 N–H and O–H groups in total. The summed E-state index contributed by atoms with van der Waals surface area (Å²) in [7, 11) is -2.23. The first-order valence-electron chi connectivity index (χ1n) is 16.2. The van der Waals surface area contributed by atoms with Crippen LogP contribution in [0.3, 0.4) is 0 Å². The molecule has 12 heteroatoms. The van der Waals surface area contributed by atoms with Crippen molar-refractivity contribution in [2.45, 2.75) is 32.1 Å². The van der Waals surface area contributed by atoms with E-state index in [1.807, 2.05) is 68.4 Å². The summed E-state index contributed by atoms with van der Waals surface area (Å²) in [5.74, 6) is 0.726. The normalized spacial score (nSPS) is 10.4. The number of hydrogen-bond donors (Lipinski definition) is 0. The van der Waals surface area contributed by atoms with Gasteiger partial charge in [-0.2, -0.15) is 0 Å².